The molecule has 152 valence electrons. The predicted octanol–water partition coefficient (Wildman–Crippen LogP) is 5.32. The SMILES string of the molecule is Cc1ccccc1CN1C(=O)C(C)Oc2ccc(NC(=O)c3ccccc3Br)cc21. The van der Waals surface area contributed by atoms with Gasteiger partial charge >= 0.3 is 0 Å². The molecule has 0 bridgehead atoms. The smallest absolute Gasteiger partial charge is 0.268 e. The Morgan fingerprint density at radius 1 is 1.10 bits per heavy atom. The van der Waals surface area contributed by atoms with Crippen LogP contribution in [0.3, 0.4) is 0 Å². The van der Waals surface area contributed by atoms with E-state index < -0.39 is 6.10 Å². The van der Waals surface area contributed by atoms with Gasteiger partial charge in [0, 0.05) is 10.2 Å². The summed E-state index contributed by atoms with van der Waals surface area (Å²) >= 11 is 3.40. The van der Waals surface area contributed by atoms with Crippen molar-refractivity contribution in [2.45, 2.75) is 26.5 Å². The maximum atomic E-state index is 12.9. The van der Waals surface area contributed by atoms with Gasteiger partial charge in [-0.25, -0.2) is 0 Å². The Hall–Kier alpha value is -3.12. The second-order valence-corrected chi connectivity index (χ2v) is 8.08. The summed E-state index contributed by atoms with van der Waals surface area (Å²) in [5.74, 6) is 0.277. The lowest BCUT2D eigenvalue weighted by molar-refractivity contribution is -0.125. The summed E-state index contributed by atoms with van der Waals surface area (Å²) < 4.78 is 6.51. The molecule has 0 aromatic heterocycles. The fourth-order valence-electron chi connectivity index (χ4n) is 3.45. The van der Waals surface area contributed by atoms with Gasteiger partial charge in [0.2, 0.25) is 0 Å². The summed E-state index contributed by atoms with van der Waals surface area (Å²) in [6.07, 6.45) is -0.567. The number of nitrogens with zero attached hydrogens (tertiary/aromatic N) is 1. The summed E-state index contributed by atoms with van der Waals surface area (Å²) in [6.45, 7) is 4.21. The van der Waals surface area contributed by atoms with Crippen LogP contribution in [0.4, 0.5) is 11.4 Å². The second-order valence-electron chi connectivity index (χ2n) is 7.23. The van der Waals surface area contributed by atoms with Crippen molar-refractivity contribution in [3.63, 3.8) is 0 Å². The molecule has 1 aliphatic rings. The number of amides is 2. The molecule has 5 nitrogen and oxygen atoms in total. The van der Waals surface area contributed by atoms with Gasteiger partial charge in [0.15, 0.2) is 6.10 Å². The number of anilines is 2. The van der Waals surface area contributed by atoms with Gasteiger partial charge in [0.1, 0.15) is 5.75 Å². The quantitative estimate of drug-likeness (QED) is 0.567. The number of aryl methyl sites for hydroxylation is 1. The van der Waals surface area contributed by atoms with Crippen molar-refractivity contribution in [1.29, 1.82) is 0 Å². The number of hydrogen-bond acceptors (Lipinski definition) is 3. The number of hydrogen-bond donors (Lipinski definition) is 1. The highest BCUT2D eigenvalue weighted by Gasteiger charge is 2.32. The van der Waals surface area contributed by atoms with E-state index in [0.717, 1.165) is 11.1 Å². The Labute approximate surface area is 183 Å². The molecule has 6 heteroatoms. The molecule has 0 fully saturated rings. The minimum atomic E-state index is -0.567. The van der Waals surface area contributed by atoms with E-state index in [-0.39, 0.29) is 11.8 Å². The van der Waals surface area contributed by atoms with Crippen molar-refractivity contribution < 1.29 is 14.3 Å². The van der Waals surface area contributed by atoms with Gasteiger partial charge < -0.3 is 15.0 Å². The third-order valence-corrected chi connectivity index (χ3v) is 5.82. The van der Waals surface area contributed by atoms with Gasteiger partial charge in [-0.15, -0.1) is 0 Å². The zero-order valence-electron chi connectivity index (χ0n) is 16.7. The van der Waals surface area contributed by atoms with E-state index >= 15 is 0 Å². The van der Waals surface area contributed by atoms with E-state index in [9.17, 15) is 9.59 Å². The summed E-state index contributed by atoms with van der Waals surface area (Å²) in [4.78, 5) is 27.3. The van der Waals surface area contributed by atoms with Crippen LogP contribution < -0.4 is 15.0 Å². The van der Waals surface area contributed by atoms with Crippen molar-refractivity contribution in [2.24, 2.45) is 0 Å². The number of carbonyl (C=O) groups is 2. The lowest BCUT2D eigenvalue weighted by Gasteiger charge is -2.33. The number of halogens is 1. The van der Waals surface area contributed by atoms with Crippen molar-refractivity contribution >= 4 is 39.1 Å². The number of benzene rings is 3. The number of nitrogens with one attached hydrogen (secondary N) is 1. The van der Waals surface area contributed by atoms with Crippen LogP contribution in [-0.2, 0) is 11.3 Å². The van der Waals surface area contributed by atoms with E-state index in [4.69, 9.17) is 4.74 Å². The molecule has 30 heavy (non-hydrogen) atoms. The Bertz CT molecular complexity index is 1130. The molecule has 1 aliphatic heterocycles. The first-order valence-corrected chi connectivity index (χ1v) is 10.5. The third-order valence-electron chi connectivity index (χ3n) is 5.13. The number of carbonyl (C=O) groups excluding carboxylic acids is 2. The molecule has 2 amide bonds. The fourth-order valence-corrected chi connectivity index (χ4v) is 3.91. The largest absolute Gasteiger partial charge is 0.479 e. The molecule has 1 heterocycles. The minimum absolute atomic E-state index is 0.111. The van der Waals surface area contributed by atoms with E-state index in [1.807, 2.05) is 49.4 Å². The first-order valence-electron chi connectivity index (χ1n) is 9.66. The zero-order chi connectivity index (χ0) is 21.3. The van der Waals surface area contributed by atoms with Gasteiger partial charge in [-0.2, -0.15) is 0 Å². The molecule has 1 atom stereocenters. The van der Waals surface area contributed by atoms with Crippen molar-refractivity contribution in [3.8, 4) is 5.75 Å². The Balaban J connectivity index is 1.66. The van der Waals surface area contributed by atoms with Crippen LogP contribution in [0.15, 0.2) is 71.2 Å². The number of fused-ring (bicyclic) bond motifs is 1. The molecule has 3 aromatic carbocycles. The van der Waals surface area contributed by atoms with Gasteiger partial charge in [-0.3, -0.25) is 9.59 Å². The summed E-state index contributed by atoms with van der Waals surface area (Å²) in [6, 6.07) is 20.6. The monoisotopic (exact) mass is 464 g/mol. The standard InChI is InChI=1S/C24H21BrN2O3/c1-15-7-3-4-8-17(15)14-27-21-13-18(11-12-22(21)30-16(2)24(27)29)26-23(28)19-9-5-6-10-20(19)25/h3-13,16H,14H2,1-2H3,(H,26,28). The predicted molar refractivity (Wildman–Crippen MR) is 121 cm³/mol. The summed E-state index contributed by atoms with van der Waals surface area (Å²) in [5.41, 5.74) is 3.95. The average molecular weight is 465 g/mol. The maximum Gasteiger partial charge on any atom is 0.268 e. The molecule has 0 spiro atoms. The topological polar surface area (TPSA) is 58.6 Å². The molecule has 0 radical (unpaired) electrons. The zero-order valence-corrected chi connectivity index (χ0v) is 18.3. The summed E-state index contributed by atoms with van der Waals surface area (Å²) in [7, 11) is 0. The lowest BCUT2D eigenvalue weighted by atomic mass is 10.1. The minimum Gasteiger partial charge on any atom is -0.479 e. The van der Waals surface area contributed by atoms with Crippen molar-refractivity contribution in [3.05, 3.63) is 87.9 Å². The number of ether oxygens (including phenoxy) is 1. The van der Waals surface area contributed by atoms with Crippen molar-refractivity contribution in [2.75, 3.05) is 10.2 Å². The Morgan fingerprint density at radius 2 is 1.83 bits per heavy atom. The van der Waals surface area contributed by atoms with Crippen LogP contribution in [0.5, 0.6) is 5.75 Å². The molecular weight excluding hydrogens is 444 g/mol. The Kier molecular flexibility index (Phi) is 5.59. The fraction of sp³-hybridized carbons (Fsp3) is 0.167. The third kappa shape index (κ3) is 3.96. The Morgan fingerprint density at radius 3 is 2.60 bits per heavy atom. The molecule has 0 aliphatic carbocycles. The summed E-state index contributed by atoms with van der Waals surface area (Å²) in [5, 5.41) is 2.91. The van der Waals surface area contributed by atoms with E-state index in [1.54, 1.807) is 36.1 Å². The molecule has 1 N–H and O–H groups in total. The molecule has 0 saturated carbocycles. The van der Waals surface area contributed by atoms with Crippen LogP contribution >= 0.6 is 15.9 Å². The van der Waals surface area contributed by atoms with E-state index in [1.165, 1.54) is 0 Å². The average Bonchev–Trinajstić information content (AvgIpc) is 2.73. The molecule has 0 saturated heterocycles. The van der Waals surface area contributed by atoms with Crippen LogP contribution in [0, 0.1) is 6.92 Å². The van der Waals surface area contributed by atoms with E-state index in [0.29, 0.717) is 33.7 Å². The molecule has 1 unspecified atom stereocenters. The van der Waals surface area contributed by atoms with Gasteiger partial charge in [0.05, 0.1) is 17.8 Å². The van der Waals surface area contributed by atoms with E-state index in [2.05, 4.69) is 21.2 Å². The lowest BCUT2D eigenvalue weighted by Crippen LogP contribution is -2.44. The highest BCUT2D eigenvalue weighted by molar-refractivity contribution is 9.10. The van der Waals surface area contributed by atoms with Crippen LogP contribution in [0.1, 0.15) is 28.4 Å². The first-order chi connectivity index (χ1) is 14.4. The highest BCUT2D eigenvalue weighted by atomic mass is 79.9. The van der Waals surface area contributed by atoms with Gasteiger partial charge in [-0.05, 0) is 71.2 Å². The molecular formula is C24H21BrN2O3. The highest BCUT2D eigenvalue weighted by Crippen LogP contribution is 2.37. The van der Waals surface area contributed by atoms with Crippen LogP contribution in [0.2, 0.25) is 0 Å². The van der Waals surface area contributed by atoms with Crippen molar-refractivity contribution in [1.82, 2.24) is 0 Å². The van der Waals surface area contributed by atoms with Gasteiger partial charge in [0.25, 0.3) is 11.8 Å². The maximum absolute atomic E-state index is 12.9. The van der Waals surface area contributed by atoms with Gasteiger partial charge in [-0.1, -0.05) is 36.4 Å². The van der Waals surface area contributed by atoms with Crippen LogP contribution in [0.25, 0.3) is 0 Å². The second kappa shape index (κ2) is 8.32. The molecule has 4 rings (SSSR count). The van der Waals surface area contributed by atoms with Crippen LogP contribution in [-0.4, -0.2) is 17.9 Å². The molecule has 3 aromatic rings. The number of rotatable bonds is 4. The normalized spacial score (nSPS) is 15.4. The first kappa shape index (κ1) is 20.2.